The number of H-pyrrole nitrogens is 1. The fourth-order valence-electron chi connectivity index (χ4n) is 1.01. The number of aromatic nitrogens is 1. The summed E-state index contributed by atoms with van der Waals surface area (Å²) in [7, 11) is 0. The highest BCUT2D eigenvalue weighted by Gasteiger charge is 2.14. The molecule has 72 valence electrons. The van der Waals surface area contributed by atoms with E-state index in [0.29, 0.717) is 5.56 Å². The van der Waals surface area contributed by atoms with Crippen LogP contribution < -0.4 is 5.56 Å². The molecule has 13 heavy (non-hydrogen) atoms. The van der Waals surface area contributed by atoms with Gasteiger partial charge in [0.25, 0.3) is 12.0 Å². The van der Waals surface area contributed by atoms with Crippen LogP contribution >= 0.6 is 11.6 Å². The van der Waals surface area contributed by atoms with Gasteiger partial charge < -0.3 is 4.98 Å². The maximum Gasteiger partial charge on any atom is 0.278 e. The summed E-state index contributed by atoms with van der Waals surface area (Å²) in [4.78, 5) is 13.1. The van der Waals surface area contributed by atoms with E-state index in [1.165, 1.54) is 6.07 Å². The highest BCUT2D eigenvalue weighted by molar-refractivity contribution is 6.17. The SMILES string of the molecule is Cc1cc(CCl)c(C(F)F)[nH]c1=O. The normalized spacial score (nSPS) is 10.8. The van der Waals surface area contributed by atoms with Crippen LogP contribution in [0.4, 0.5) is 8.78 Å². The van der Waals surface area contributed by atoms with Crippen molar-refractivity contribution in [2.75, 3.05) is 0 Å². The number of hydrogen-bond donors (Lipinski definition) is 1. The minimum Gasteiger partial charge on any atom is -0.321 e. The minimum atomic E-state index is -2.69. The molecular formula is C8H8ClF2NO. The molecule has 0 aliphatic heterocycles. The molecule has 0 aromatic carbocycles. The van der Waals surface area contributed by atoms with Gasteiger partial charge in [0.05, 0.1) is 5.69 Å². The minimum absolute atomic E-state index is 0.0305. The van der Waals surface area contributed by atoms with E-state index in [0.717, 1.165) is 0 Å². The summed E-state index contributed by atoms with van der Waals surface area (Å²) < 4.78 is 24.6. The molecule has 0 aliphatic rings. The van der Waals surface area contributed by atoms with Crippen LogP contribution in [0.2, 0.25) is 0 Å². The van der Waals surface area contributed by atoms with Gasteiger partial charge in [-0.05, 0) is 18.6 Å². The van der Waals surface area contributed by atoms with E-state index in [-0.39, 0.29) is 17.1 Å². The van der Waals surface area contributed by atoms with Crippen molar-refractivity contribution in [2.45, 2.75) is 19.2 Å². The average molecular weight is 208 g/mol. The quantitative estimate of drug-likeness (QED) is 0.742. The van der Waals surface area contributed by atoms with E-state index in [1.54, 1.807) is 6.92 Å². The number of alkyl halides is 3. The van der Waals surface area contributed by atoms with Gasteiger partial charge in [-0.25, -0.2) is 8.78 Å². The Balaban J connectivity index is 3.33. The second-order valence-corrected chi connectivity index (χ2v) is 2.92. The summed E-state index contributed by atoms with van der Waals surface area (Å²) in [6, 6.07) is 1.38. The number of aromatic amines is 1. The van der Waals surface area contributed by atoms with E-state index in [9.17, 15) is 13.6 Å². The second kappa shape index (κ2) is 3.87. The van der Waals surface area contributed by atoms with Crippen molar-refractivity contribution in [3.8, 4) is 0 Å². The molecule has 1 rings (SSSR count). The first-order valence-corrected chi connectivity index (χ1v) is 4.16. The summed E-state index contributed by atoms with van der Waals surface area (Å²) >= 11 is 5.45. The van der Waals surface area contributed by atoms with E-state index in [1.807, 2.05) is 0 Å². The third-order valence-corrected chi connectivity index (χ3v) is 1.99. The smallest absolute Gasteiger partial charge is 0.278 e. The van der Waals surface area contributed by atoms with Crippen molar-refractivity contribution in [1.29, 1.82) is 0 Å². The van der Waals surface area contributed by atoms with E-state index >= 15 is 0 Å². The summed E-state index contributed by atoms with van der Waals surface area (Å²) in [6.45, 7) is 1.55. The molecule has 2 nitrogen and oxygen atoms in total. The maximum absolute atomic E-state index is 12.3. The molecule has 0 amide bonds. The van der Waals surface area contributed by atoms with Crippen LogP contribution in [-0.4, -0.2) is 4.98 Å². The van der Waals surface area contributed by atoms with E-state index in [4.69, 9.17) is 11.6 Å². The lowest BCUT2D eigenvalue weighted by Crippen LogP contribution is -2.14. The molecule has 0 unspecified atom stereocenters. The zero-order valence-corrected chi connectivity index (χ0v) is 7.66. The standard InChI is InChI=1S/C8H8ClF2NO/c1-4-2-5(3-9)6(7(10)11)12-8(4)13/h2,7H,3H2,1H3,(H,12,13). The zero-order valence-electron chi connectivity index (χ0n) is 6.90. The molecule has 0 atom stereocenters. The van der Waals surface area contributed by atoms with Gasteiger partial charge in [-0.15, -0.1) is 11.6 Å². The molecule has 1 aromatic heterocycles. The lowest BCUT2D eigenvalue weighted by atomic mass is 10.1. The molecule has 0 saturated heterocycles. The number of aryl methyl sites for hydroxylation is 1. The van der Waals surface area contributed by atoms with Crippen molar-refractivity contribution in [3.63, 3.8) is 0 Å². The Morgan fingerprint density at radius 1 is 1.62 bits per heavy atom. The van der Waals surface area contributed by atoms with Gasteiger partial charge in [0.2, 0.25) is 0 Å². The molecule has 0 aliphatic carbocycles. The van der Waals surface area contributed by atoms with E-state index < -0.39 is 12.0 Å². The molecule has 5 heteroatoms. The second-order valence-electron chi connectivity index (χ2n) is 2.65. The van der Waals surface area contributed by atoms with Crippen LogP contribution in [0.3, 0.4) is 0 Å². The van der Waals surface area contributed by atoms with Gasteiger partial charge in [0.1, 0.15) is 0 Å². The molecular weight excluding hydrogens is 200 g/mol. The lowest BCUT2D eigenvalue weighted by molar-refractivity contribution is 0.145. The molecule has 1 N–H and O–H groups in total. The van der Waals surface area contributed by atoms with Crippen LogP contribution in [-0.2, 0) is 5.88 Å². The predicted octanol–water partition coefficient (Wildman–Crippen LogP) is 2.36. The molecule has 1 aromatic rings. The zero-order chi connectivity index (χ0) is 10.0. The van der Waals surface area contributed by atoms with Gasteiger partial charge in [-0.2, -0.15) is 0 Å². The van der Waals surface area contributed by atoms with Crippen LogP contribution in [0.15, 0.2) is 10.9 Å². The van der Waals surface area contributed by atoms with Gasteiger partial charge >= 0.3 is 0 Å². The van der Waals surface area contributed by atoms with Crippen molar-refractivity contribution in [3.05, 3.63) is 33.2 Å². The first kappa shape index (κ1) is 10.2. The summed E-state index contributed by atoms with van der Waals surface area (Å²) in [6.07, 6.45) is -2.69. The van der Waals surface area contributed by atoms with Crippen molar-refractivity contribution >= 4 is 11.6 Å². The lowest BCUT2D eigenvalue weighted by Gasteiger charge is -2.06. The molecule has 0 radical (unpaired) electrons. The Bertz CT molecular complexity index is 362. The first-order chi connectivity index (χ1) is 6.06. The topological polar surface area (TPSA) is 32.9 Å². The van der Waals surface area contributed by atoms with Crippen LogP contribution in [0.1, 0.15) is 23.2 Å². The average Bonchev–Trinajstić information content (AvgIpc) is 2.08. The third-order valence-electron chi connectivity index (χ3n) is 1.71. The fourth-order valence-corrected chi connectivity index (χ4v) is 1.23. The summed E-state index contributed by atoms with van der Waals surface area (Å²) in [5.74, 6) is -0.0305. The third kappa shape index (κ3) is 2.06. The number of halogens is 3. The number of hydrogen-bond acceptors (Lipinski definition) is 1. The number of nitrogens with one attached hydrogen (secondary N) is 1. The Morgan fingerprint density at radius 3 is 2.69 bits per heavy atom. The number of rotatable bonds is 2. The predicted molar refractivity (Wildman–Crippen MR) is 46.3 cm³/mol. The highest BCUT2D eigenvalue weighted by atomic mass is 35.5. The van der Waals surface area contributed by atoms with Gasteiger partial charge in [0.15, 0.2) is 0 Å². The Morgan fingerprint density at radius 2 is 2.23 bits per heavy atom. The monoisotopic (exact) mass is 207 g/mol. The Labute approximate surface area is 78.5 Å². The largest absolute Gasteiger partial charge is 0.321 e. The number of pyridine rings is 1. The fraction of sp³-hybridized carbons (Fsp3) is 0.375. The highest BCUT2D eigenvalue weighted by Crippen LogP contribution is 2.21. The van der Waals surface area contributed by atoms with Gasteiger partial charge in [-0.3, -0.25) is 4.79 Å². The van der Waals surface area contributed by atoms with Crippen LogP contribution in [0.5, 0.6) is 0 Å². The summed E-state index contributed by atoms with van der Waals surface area (Å²) in [5.41, 5.74) is -0.219. The molecule has 1 heterocycles. The van der Waals surface area contributed by atoms with Crippen LogP contribution in [0.25, 0.3) is 0 Å². The van der Waals surface area contributed by atoms with Crippen molar-refractivity contribution in [1.82, 2.24) is 4.98 Å². The summed E-state index contributed by atoms with van der Waals surface area (Å²) in [5, 5.41) is 0. The first-order valence-electron chi connectivity index (χ1n) is 3.63. The van der Waals surface area contributed by atoms with E-state index in [2.05, 4.69) is 4.98 Å². The molecule has 0 fully saturated rings. The van der Waals surface area contributed by atoms with Gasteiger partial charge in [0, 0.05) is 11.4 Å². The molecule has 0 saturated carbocycles. The van der Waals surface area contributed by atoms with Crippen molar-refractivity contribution in [2.24, 2.45) is 0 Å². The van der Waals surface area contributed by atoms with Crippen LogP contribution in [0, 0.1) is 6.92 Å². The molecule has 0 bridgehead atoms. The molecule has 0 spiro atoms. The van der Waals surface area contributed by atoms with Gasteiger partial charge in [-0.1, -0.05) is 0 Å². The van der Waals surface area contributed by atoms with Crippen molar-refractivity contribution < 1.29 is 8.78 Å². The maximum atomic E-state index is 12.3. The Kier molecular flexibility index (Phi) is 3.03. The Hall–Kier alpha value is -0.900.